The van der Waals surface area contributed by atoms with Crippen molar-refractivity contribution in [2.45, 2.75) is 75.9 Å². The van der Waals surface area contributed by atoms with E-state index < -0.39 is 34.4 Å². The van der Waals surface area contributed by atoms with Gasteiger partial charge in [-0.25, -0.2) is 12.7 Å². The van der Waals surface area contributed by atoms with Gasteiger partial charge in [0.1, 0.15) is 17.5 Å². The molecule has 0 unspecified atom stereocenters. The maximum Gasteiger partial charge on any atom is 0.269 e. The molecule has 0 saturated heterocycles. The number of fused-ring (bicyclic) bond motifs is 1. The molecule has 1 heterocycles. The third-order valence-corrected chi connectivity index (χ3v) is 8.92. The van der Waals surface area contributed by atoms with Crippen molar-refractivity contribution in [3.63, 3.8) is 0 Å². The van der Waals surface area contributed by atoms with Crippen molar-refractivity contribution in [2.75, 3.05) is 6.54 Å². The summed E-state index contributed by atoms with van der Waals surface area (Å²) in [5.74, 6) is -1.56. The minimum atomic E-state index is -4.14. The number of nitrogens with one attached hydrogen (secondary N) is 1. The molecule has 4 rings (SSSR count). The molecule has 2 aliphatic rings. The molecule has 1 aliphatic heterocycles. The molecule has 0 spiro atoms. The summed E-state index contributed by atoms with van der Waals surface area (Å²) in [7, 11) is -4.14. The number of nitrogens with zero attached hydrogens (tertiary/aromatic N) is 2. The molecule has 1 aliphatic carbocycles. The lowest BCUT2D eigenvalue weighted by Crippen LogP contribution is -2.53. The minimum Gasteiger partial charge on any atom is -0.352 e. The second-order valence-corrected chi connectivity index (χ2v) is 11.4. The highest BCUT2D eigenvalue weighted by Crippen LogP contribution is 2.30. The van der Waals surface area contributed by atoms with Crippen LogP contribution < -0.4 is 5.32 Å². The topological polar surface area (TPSA) is 104 Å². The van der Waals surface area contributed by atoms with Gasteiger partial charge in [0, 0.05) is 12.6 Å². The molecule has 0 aromatic heterocycles. The van der Waals surface area contributed by atoms with Gasteiger partial charge < -0.3 is 10.2 Å². The number of carbonyl (C=O) groups is 3. The Balaban J connectivity index is 1.61. The van der Waals surface area contributed by atoms with Gasteiger partial charge in [0.05, 0.1) is 5.56 Å². The van der Waals surface area contributed by atoms with E-state index in [1.807, 2.05) is 38.1 Å². The number of benzene rings is 2. The number of hydrogen-bond donors (Lipinski definition) is 1. The lowest BCUT2D eigenvalue weighted by Gasteiger charge is -2.33. The minimum absolute atomic E-state index is 0.0536. The number of amides is 3. The molecule has 1 atom stereocenters. The fourth-order valence-corrected chi connectivity index (χ4v) is 6.55. The van der Waals surface area contributed by atoms with Gasteiger partial charge in [-0.05, 0) is 49.4 Å². The summed E-state index contributed by atoms with van der Waals surface area (Å²) >= 11 is 0. The van der Waals surface area contributed by atoms with Crippen molar-refractivity contribution in [3.05, 3.63) is 65.2 Å². The first-order valence-corrected chi connectivity index (χ1v) is 14.0. The van der Waals surface area contributed by atoms with Crippen molar-refractivity contribution in [2.24, 2.45) is 0 Å². The van der Waals surface area contributed by atoms with Crippen LogP contribution in [0.1, 0.15) is 66.9 Å². The van der Waals surface area contributed by atoms with E-state index in [0.29, 0.717) is 10.7 Å². The van der Waals surface area contributed by atoms with Gasteiger partial charge in [0.25, 0.3) is 15.9 Å². The van der Waals surface area contributed by atoms with Crippen LogP contribution in [-0.4, -0.2) is 54.0 Å². The average Bonchev–Trinajstić information content (AvgIpc) is 3.06. The summed E-state index contributed by atoms with van der Waals surface area (Å²) in [6.45, 7) is 3.23. The first-order valence-electron chi connectivity index (χ1n) is 12.5. The summed E-state index contributed by atoms with van der Waals surface area (Å²) in [6, 6.07) is 12.8. The molecule has 9 heteroatoms. The van der Waals surface area contributed by atoms with Crippen LogP contribution in [0.2, 0.25) is 0 Å². The van der Waals surface area contributed by atoms with Crippen LogP contribution in [0.3, 0.4) is 0 Å². The van der Waals surface area contributed by atoms with Crippen molar-refractivity contribution < 1.29 is 22.8 Å². The first-order chi connectivity index (χ1) is 17.2. The molecular formula is C27H33N3O5S. The Hall–Kier alpha value is -3.20. The highest BCUT2D eigenvalue weighted by Gasteiger charge is 2.43. The molecule has 2 aromatic rings. The molecular weight excluding hydrogens is 478 g/mol. The number of aryl methyl sites for hydroxylation is 1. The van der Waals surface area contributed by atoms with Crippen LogP contribution >= 0.6 is 0 Å². The number of rotatable bonds is 8. The second-order valence-electron chi connectivity index (χ2n) is 9.53. The molecule has 1 fully saturated rings. The summed E-state index contributed by atoms with van der Waals surface area (Å²) in [4.78, 5) is 41.3. The fraction of sp³-hybridized carbons (Fsp3) is 0.444. The van der Waals surface area contributed by atoms with Gasteiger partial charge in [-0.1, -0.05) is 62.6 Å². The Morgan fingerprint density at radius 1 is 1.06 bits per heavy atom. The van der Waals surface area contributed by atoms with Crippen LogP contribution in [-0.2, 0) is 26.2 Å². The zero-order valence-corrected chi connectivity index (χ0v) is 21.6. The van der Waals surface area contributed by atoms with Crippen molar-refractivity contribution in [3.8, 4) is 0 Å². The molecule has 8 nitrogen and oxygen atoms in total. The van der Waals surface area contributed by atoms with E-state index in [-0.39, 0.29) is 29.0 Å². The SMILES string of the molecule is CC[C@@H](C(=O)NC1CCCCC1)N(Cc1ccccc1C)C(=O)CN1C(=O)c2ccccc2S1(=O)=O. The highest BCUT2D eigenvalue weighted by atomic mass is 32.2. The summed E-state index contributed by atoms with van der Waals surface area (Å²) in [6.07, 6.45) is 5.45. The zero-order valence-electron chi connectivity index (χ0n) is 20.8. The second kappa shape index (κ2) is 10.8. The maximum atomic E-state index is 13.7. The Labute approximate surface area is 212 Å². The molecule has 3 amide bonds. The molecule has 36 heavy (non-hydrogen) atoms. The summed E-state index contributed by atoms with van der Waals surface area (Å²) in [5, 5.41) is 3.11. The molecule has 1 N–H and O–H groups in total. The lowest BCUT2D eigenvalue weighted by molar-refractivity contribution is -0.141. The Morgan fingerprint density at radius 3 is 2.39 bits per heavy atom. The Kier molecular flexibility index (Phi) is 7.78. The molecule has 2 aromatic carbocycles. The Bertz CT molecular complexity index is 1250. The number of sulfonamides is 1. The van der Waals surface area contributed by atoms with Crippen LogP contribution in [0.25, 0.3) is 0 Å². The average molecular weight is 512 g/mol. The number of hydrogen-bond acceptors (Lipinski definition) is 5. The van der Waals surface area contributed by atoms with Gasteiger partial charge in [0.15, 0.2) is 0 Å². The standard InChI is InChI=1S/C27H33N3O5S/c1-3-23(26(32)28-21-13-5-4-6-14-21)29(17-20-12-8-7-11-19(20)2)25(31)18-30-27(33)22-15-9-10-16-24(22)36(30,34)35/h7-12,15-16,21,23H,3-6,13-14,17-18H2,1-2H3,(H,28,32)/t23-/m0/s1. The van der Waals surface area contributed by atoms with Crippen molar-refractivity contribution >= 4 is 27.7 Å². The van der Waals surface area contributed by atoms with Crippen LogP contribution in [0.4, 0.5) is 0 Å². The highest BCUT2D eigenvalue weighted by molar-refractivity contribution is 7.90. The van der Waals surface area contributed by atoms with E-state index in [1.54, 1.807) is 12.1 Å². The van der Waals surface area contributed by atoms with E-state index in [0.717, 1.165) is 43.2 Å². The molecule has 0 bridgehead atoms. The Morgan fingerprint density at radius 2 is 1.72 bits per heavy atom. The summed E-state index contributed by atoms with van der Waals surface area (Å²) in [5.41, 5.74) is 1.86. The monoisotopic (exact) mass is 511 g/mol. The lowest BCUT2D eigenvalue weighted by atomic mass is 9.95. The van der Waals surface area contributed by atoms with Crippen LogP contribution in [0.5, 0.6) is 0 Å². The maximum absolute atomic E-state index is 13.7. The smallest absolute Gasteiger partial charge is 0.269 e. The van der Waals surface area contributed by atoms with E-state index in [4.69, 9.17) is 0 Å². The van der Waals surface area contributed by atoms with Crippen LogP contribution in [0.15, 0.2) is 53.4 Å². The van der Waals surface area contributed by atoms with Crippen molar-refractivity contribution in [1.29, 1.82) is 0 Å². The first kappa shape index (κ1) is 25.9. The van der Waals surface area contributed by atoms with Gasteiger partial charge in [-0.2, -0.15) is 0 Å². The van der Waals surface area contributed by atoms with Gasteiger partial charge >= 0.3 is 0 Å². The van der Waals surface area contributed by atoms with Gasteiger partial charge in [0.2, 0.25) is 11.8 Å². The zero-order chi connectivity index (χ0) is 25.9. The van der Waals surface area contributed by atoms with Crippen LogP contribution in [0, 0.1) is 6.92 Å². The van der Waals surface area contributed by atoms with E-state index in [9.17, 15) is 22.8 Å². The largest absolute Gasteiger partial charge is 0.352 e. The van der Waals surface area contributed by atoms with E-state index in [1.165, 1.54) is 17.0 Å². The van der Waals surface area contributed by atoms with E-state index in [2.05, 4.69) is 5.32 Å². The summed E-state index contributed by atoms with van der Waals surface area (Å²) < 4.78 is 26.7. The predicted molar refractivity (Wildman–Crippen MR) is 135 cm³/mol. The molecule has 0 radical (unpaired) electrons. The van der Waals surface area contributed by atoms with Crippen molar-refractivity contribution in [1.82, 2.24) is 14.5 Å². The molecule has 1 saturated carbocycles. The normalized spacial score (nSPS) is 17.9. The van der Waals surface area contributed by atoms with E-state index >= 15 is 0 Å². The third kappa shape index (κ3) is 5.16. The third-order valence-electron chi connectivity index (χ3n) is 7.13. The van der Waals surface area contributed by atoms with Gasteiger partial charge in [-0.15, -0.1) is 0 Å². The fourth-order valence-electron chi connectivity index (χ4n) is 5.04. The molecule has 192 valence electrons. The predicted octanol–water partition coefficient (Wildman–Crippen LogP) is 3.40. The number of carbonyl (C=O) groups excluding carboxylic acids is 3. The quantitative estimate of drug-likeness (QED) is 0.585. The van der Waals surface area contributed by atoms with Gasteiger partial charge in [-0.3, -0.25) is 14.4 Å².